The van der Waals surface area contributed by atoms with E-state index in [0.717, 1.165) is 32.7 Å². The Morgan fingerprint density at radius 2 is 1.77 bits per heavy atom. The first-order valence-corrected chi connectivity index (χ1v) is 10.7. The fourth-order valence-corrected chi connectivity index (χ4v) is 4.46. The van der Waals surface area contributed by atoms with Crippen LogP contribution in [0.25, 0.3) is 32.7 Å². The van der Waals surface area contributed by atoms with Gasteiger partial charge in [0.1, 0.15) is 5.82 Å². The summed E-state index contributed by atoms with van der Waals surface area (Å²) in [5, 5.41) is 6.00. The van der Waals surface area contributed by atoms with E-state index < -0.39 is 10.0 Å². The van der Waals surface area contributed by atoms with E-state index in [1.165, 1.54) is 18.4 Å². The molecule has 0 radical (unpaired) electrons. The Morgan fingerprint density at radius 3 is 2.57 bits per heavy atom. The Kier molecular flexibility index (Phi) is 4.16. The maximum absolute atomic E-state index is 12.5. The summed E-state index contributed by atoms with van der Waals surface area (Å²) in [5.41, 5.74) is 3.23. The van der Waals surface area contributed by atoms with E-state index in [1.54, 1.807) is 43.0 Å². The van der Waals surface area contributed by atoms with Gasteiger partial charge in [0.15, 0.2) is 0 Å². The van der Waals surface area contributed by atoms with Crippen molar-refractivity contribution in [1.82, 2.24) is 24.2 Å². The molecule has 2 N–H and O–H groups in total. The van der Waals surface area contributed by atoms with Crippen LogP contribution in [0.15, 0.2) is 66.1 Å². The van der Waals surface area contributed by atoms with Crippen molar-refractivity contribution in [2.45, 2.75) is 4.90 Å². The van der Waals surface area contributed by atoms with Crippen molar-refractivity contribution in [3.8, 4) is 0 Å². The number of aromatic amines is 1. The molecule has 0 saturated heterocycles. The van der Waals surface area contributed by atoms with E-state index in [4.69, 9.17) is 4.98 Å². The second kappa shape index (κ2) is 6.75. The number of nitrogens with zero attached hydrogens (tertiary/aromatic N) is 4. The van der Waals surface area contributed by atoms with E-state index in [2.05, 4.69) is 20.3 Å². The van der Waals surface area contributed by atoms with Gasteiger partial charge in [-0.25, -0.2) is 17.7 Å². The summed E-state index contributed by atoms with van der Waals surface area (Å²) >= 11 is 0. The zero-order valence-electron chi connectivity index (χ0n) is 16.3. The van der Waals surface area contributed by atoms with E-state index in [-0.39, 0.29) is 4.90 Å². The molecule has 150 valence electrons. The SMILES string of the molecule is CN(C)S(=O)(=O)c1cccc(Nc2nc3ccncc3c3[nH]c4ccncc4c23)c1. The first-order valence-electron chi connectivity index (χ1n) is 9.24. The first-order chi connectivity index (χ1) is 14.4. The van der Waals surface area contributed by atoms with E-state index in [9.17, 15) is 8.42 Å². The summed E-state index contributed by atoms with van der Waals surface area (Å²) < 4.78 is 26.2. The summed E-state index contributed by atoms with van der Waals surface area (Å²) in [4.78, 5) is 16.9. The van der Waals surface area contributed by atoms with Gasteiger partial charge in [-0.3, -0.25) is 9.97 Å². The molecule has 4 heterocycles. The van der Waals surface area contributed by atoms with Crippen molar-refractivity contribution < 1.29 is 8.42 Å². The van der Waals surface area contributed by atoms with Crippen molar-refractivity contribution in [2.24, 2.45) is 0 Å². The second-order valence-electron chi connectivity index (χ2n) is 7.09. The minimum Gasteiger partial charge on any atom is -0.354 e. The monoisotopic (exact) mass is 418 g/mol. The molecule has 1 aromatic carbocycles. The average Bonchev–Trinajstić information content (AvgIpc) is 3.14. The standard InChI is InChI=1S/C21H18N6O2S/c1-27(2)30(28,29)14-5-3-4-13(10-14)24-21-19-15-11-22-8-6-17(15)25-20(19)16-12-23-9-7-18(16)26-21/h3-12,25H,1-2H3,(H,24,26). The number of hydrogen-bond donors (Lipinski definition) is 2. The molecule has 9 heteroatoms. The van der Waals surface area contributed by atoms with Crippen LogP contribution in [0.3, 0.4) is 0 Å². The number of anilines is 2. The van der Waals surface area contributed by atoms with Crippen LogP contribution in [0.4, 0.5) is 11.5 Å². The maximum atomic E-state index is 12.5. The number of fused-ring (bicyclic) bond motifs is 5. The lowest BCUT2D eigenvalue weighted by atomic mass is 10.1. The van der Waals surface area contributed by atoms with E-state index >= 15 is 0 Å². The largest absolute Gasteiger partial charge is 0.354 e. The van der Waals surface area contributed by atoms with Crippen LogP contribution in [-0.2, 0) is 10.0 Å². The van der Waals surface area contributed by atoms with Gasteiger partial charge < -0.3 is 10.3 Å². The zero-order chi connectivity index (χ0) is 20.9. The third kappa shape index (κ3) is 2.87. The predicted octanol–water partition coefficient (Wildman–Crippen LogP) is 3.65. The minimum absolute atomic E-state index is 0.208. The lowest BCUT2D eigenvalue weighted by Crippen LogP contribution is -2.22. The number of benzene rings is 1. The molecule has 0 fully saturated rings. The quantitative estimate of drug-likeness (QED) is 0.462. The zero-order valence-corrected chi connectivity index (χ0v) is 17.1. The van der Waals surface area contributed by atoms with Crippen LogP contribution >= 0.6 is 0 Å². The molecule has 0 unspecified atom stereocenters. The predicted molar refractivity (Wildman–Crippen MR) is 117 cm³/mol. The van der Waals surface area contributed by atoms with E-state index in [1.807, 2.05) is 18.2 Å². The molecule has 4 aromatic heterocycles. The average molecular weight is 418 g/mol. The van der Waals surface area contributed by atoms with Gasteiger partial charge in [0, 0.05) is 60.9 Å². The maximum Gasteiger partial charge on any atom is 0.242 e. The highest BCUT2D eigenvalue weighted by atomic mass is 32.2. The molecule has 0 atom stereocenters. The number of H-pyrrole nitrogens is 1. The molecule has 0 amide bonds. The Morgan fingerprint density at radius 1 is 1.00 bits per heavy atom. The van der Waals surface area contributed by atoms with Crippen LogP contribution in [-0.4, -0.2) is 46.8 Å². The minimum atomic E-state index is -3.54. The normalized spacial score (nSPS) is 12.2. The highest BCUT2D eigenvalue weighted by Gasteiger charge is 2.19. The summed E-state index contributed by atoms with van der Waals surface area (Å²) in [6.45, 7) is 0. The van der Waals surface area contributed by atoms with Gasteiger partial charge >= 0.3 is 0 Å². The van der Waals surface area contributed by atoms with Crippen LogP contribution < -0.4 is 5.32 Å². The van der Waals surface area contributed by atoms with Gasteiger partial charge in [0.2, 0.25) is 10.0 Å². The smallest absolute Gasteiger partial charge is 0.242 e. The van der Waals surface area contributed by atoms with Gasteiger partial charge in [0.05, 0.1) is 21.3 Å². The summed E-state index contributed by atoms with van der Waals surface area (Å²) in [5.74, 6) is 0.613. The molecule has 0 aliphatic heterocycles. The highest BCUT2D eigenvalue weighted by Crippen LogP contribution is 2.35. The first kappa shape index (κ1) is 18.5. The van der Waals surface area contributed by atoms with Gasteiger partial charge in [-0.1, -0.05) is 6.07 Å². The topological polar surface area (TPSA) is 104 Å². The van der Waals surface area contributed by atoms with Gasteiger partial charge in [-0.2, -0.15) is 0 Å². The Bertz CT molecular complexity index is 1530. The number of nitrogens with one attached hydrogen (secondary N) is 2. The molecule has 0 aliphatic carbocycles. The molecule has 5 rings (SSSR count). The Hall–Kier alpha value is -3.56. The number of aromatic nitrogens is 4. The Labute approximate surface area is 172 Å². The number of pyridine rings is 3. The van der Waals surface area contributed by atoms with E-state index in [0.29, 0.717) is 11.5 Å². The molecule has 8 nitrogen and oxygen atoms in total. The molecule has 5 aromatic rings. The summed E-state index contributed by atoms with van der Waals surface area (Å²) in [7, 11) is -0.523. The summed E-state index contributed by atoms with van der Waals surface area (Å²) in [6, 6.07) is 10.4. The lowest BCUT2D eigenvalue weighted by Gasteiger charge is -2.13. The fourth-order valence-electron chi connectivity index (χ4n) is 3.51. The number of sulfonamides is 1. The second-order valence-corrected chi connectivity index (χ2v) is 9.24. The van der Waals surface area contributed by atoms with Gasteiger partial charge in [-0.15, -0.1) is 0 Å². The molecule has 0 aliphatic rings. The van der Waals surface area contributed by atoms with Gasteiger partial charge in [0.25, 0.3) is 0 Å². The van der Waals surface area contributed by atoms with Crippen LogP contribution in [0, 0.1) is 0 Å². The third-order valence-electron chi connectivity index (χ3n) is 5.01. The molecule has 0 spiro atoms. The van der Waals surface area contributed by atoms with Crippen molar-refractivity contribution in [1.29, 1.82) is 0 Å². The highest BCUT2D eigenvalue weighted by molar-refractivity contribution is 7.89. The Balaban J connectivity index is 1.73. The molecule has 0 bridgehead atoms. The lowest BCUT2D eigenvalue weighted by molar-refractivity contribution is 0.521. The van der Waals surface area contributed by atoms with Crippen LogP contribution in [0.5, 0.6) is 0 Å². The van der Waals surface area contributed by atoms with Crippen LogP contribution in [0.2, 0.25) is 0 Å². The van der Waals surface area contributed by atoms with Crippen molar-refractivity contribution >= 4 is 54.2 Å². The van der Waals surface area contributed by atoms with Crippen molar-refractivity contribution in [3.05, 3.63) is 61.2 Å². The third-order valence-corrected chi connectivity index (χ3v) is 6.82. The summed E-state index contributed by atoms with van der Waals surface area (Å²) in [6.07, 6.45) is 6.99. The van der Waals surface area contributed by atoms with Crippen molar-refractivity contribution in [2.75, 3.05) is 19.4 Å². The van der Waals surface area contributed by atoms with Crippen LogP contribution in [0.1, 0.15) is 0 Å². The molecule has 0 saturated carbocycles. The van der Waals surface area contributed by atoms with Crippen molar-refractivity contribution in [3.63, 3.8) is 0 Å². The number of hydrogen-bond acceptors (Lipinski definition) is 6. The molecule has 30 heavy (non-hydrogen) atoms. The molecular formula is C21H18N6O2S. The number of rotatable bonds is 4. The fraction of sp³-hybridized carbons (Fsp3) is 0.0952. The van der Waals surface area contributed by atoms with Gasteiger partial charge in [-0.05, 0) is 30.3 Å². The molecular weight excluding hydrogens is 400 g/mol.